The third kappa shape index (κ3) is 2.57. The van der Waals surface area contributed by atoms with Crippen LogP contribution in [0.5, 0.6) is 0 Å². The maximum Gasteiger partial charge on any atom is 0.261 e. The second-order valence-electron chi connectivity index (χ2n) is 5.53. The fourth-order valence-electron chi connectivity index (χ4n) is 3.11. The molecule has 9 heteroatoms. The van der Waals surface area contributed by atoms with E-state index in [-0.39, 0.29) is 22.8 Å². The molecule has 114 valence electrons. The molecule has 0 unspecified atom stereocenters. The number of aromatic nitrogens is 3. The molecule has 2 fully saturated rings. The van der Waals surface area contributed by atoms with Gasteiger partial charge in [0.1, 0.15) is 0 Å². The van der Waals surface area contributed by atoms with E-state index in [1.54, 1.807) is 11.4 Å². The van der Waals surface area contributed by atoms with E-state index >= 15 is 0 Å². The summed E-state index contributed by atoms with van der Waals surface area (Å²) in [5, 5.41) is 10.9. The molecule has 3 rings (SSSR count). The first-order valence-corrected chi connectivity index (χ1v) is 8.03. The first-order chi connectivity index (χ1) is 9.04. The van der Waals surface area contributed by atoms with Crippen LogP contribution in [0.2, 0.25) is 0 Å². The molecule has 0 atom stereocenters. The normalized spacial score (nSPS) is 22.9. The number of piperidine rings is 1. The zero-order chi connectivity index (χ0) is 13.5. The van der Waals surface area contributed by atoms with Gasteiger partial charge in [0.25, 0.3) is 10.0 Å². The Bertz CT molecular complexity index is 567. The highest BCUT2D eigenvalue weighted by Crippen LogP contribution is 2.40. The summed E-state index contributed by atoms with van der Waals surface area (Å²) in [6.45, 7) is 3.21. The predicted molar refractivity (Wildman–Crippen MR) is 76.2 cm³/mol. The quantitative estimate of drug-likeness (QED) is 0.829. The molecule has 1 N–H and O–H groups in total. The SMILES string of the molecule is Cl.Cn1nncc1S(=O)(=O)N1CCC2(CCNCC2)C1. The Morgan fingerprint density at radius 2 is 2.00 bits per heavy atom. The van der Waals surface area contributed by atoms with Crippen molar-refractivity contribution in [1.82, 2.24) is 24.6 Å². The van der Waals surface area contributed by atoms with E-state index in [1.807, 2.05) is 0 Å². The Morgan fingerprint density at radius 1 is 1.30 bits per heavy atom. The summed E-state index contributed by atoms with van der Waals surface area (Å²) in [5.41, 5.74) is 0.171. The number of hydrogen-bond donors (Lipinski definition) is 1. The van der Waals surface area contributed by atoms with Crippen LogP contribution >= 0.6 is 12.4 Å². The summed E-state index contributed by atoms with van der Waals surface area (Å²) < 4.78 is 28.0. The first-order valence-electron chi connectivity index (χ1n) is 6.59. The minimum absolute atomic E-state index is 0. The van der Waals surface area contributed by atoms with Gasteiger partial charge in [-0.2, -0.15) is 4.31 Å². The van der Waals surface area contributed by atoms with Crippen molar-refractivity contribution in [3.05, 3.63) is 6.20 Å². The van der Waals surface area contributed by atoms with Gasteiger partial charge in [-0.25, -0.2) is 13.1 Å². The van der Waals surface area contributed by atoms with E-state index in [9.17, 15) is 8.42 Å². The maximum atomic E-state index is 12.6. The Labute approximate surface area is 125 Å². The molecule has 0 bridgehead atoms. The van der Waals surface area contributed by atoms with Crippen LogP contribution < -0.4 is 5.32 Å². The van der Waals surface area contributed by atoms with Crippen molar-refractivity contribution in [1.29, 1.82) is 0 Å². The van der Waals surface area contributed by atoms with Crippen molar-refractivity contribution in [2.75, 3.05) is 26.2 Å². The molecule has 0 amide bonds. The first kappa shape index (κ1) is 15.7. The van der Waals surface area contributed by atoms with Crippen LogP contribution in [-0.2, 0) is 17.1 Å². The number of sulfonamides is 1. The fourth-order valence-corrected chi connectivity index (χ4v) is 4.70. The number of hydrogen-bond acceptors (Lipinski definition) is 5. The van der Waals surface area contributed by atoms with Crippen LogP contribution in [0.1, 0.15) is 19.3 Å². The molecule has 1 aromatic heterocycles. The van der Waals surface area contributed by atoms with Gasteiger partial charge >= 0.3 is 0 Å². The van der Waals surface area contributed by atoms with Crippen molar-refractivity contribution < 1.29 is 8.42 Å². The van der Waals surface area contributed by atoms with E-state index in [4.69, 9.17) is 0 Å². The summed E-state index contributed by atoms with van der Waals surface area (Å²) in [7, 11) is -1.84. The minimum atomic E-state index is -3.45. The Hall–Kier alpha value is -0.700. The third-order valence-corrected chi connectivity index (χ3v) is 6.23. The summed E-state index contributed by atoms with van der Waals surface area (Å²) in [4.78, 5) is 0. The molecule has 1 aromatic rings. The lowest BCUT2D eigenvalue weighted by atomic mass is 9.78. The topological polar surface area (TPSA) is 80.1 Å². The van der Waals surface area contributed by atoms with Crippen molar-refractivity contribution in [3.8, 4) is 0 Å². The molecule has 2 saturated heterocycles. The molecule has 0 saturated carbocycles. The zero-order valence-corrected chi connectivity index (χ0v) is 13.1. The number of aryl methyl sites for hydroxylation is 1. The monoisotopic (exact) mass is 321 g/mol. The summed E-state index contributed by atoms with van der Waals surface area (Å²) in [6, 6.07) is 0. The van der Waals surface area contributed by atoms with Crippen molar-refractivity contribution in [2.45, 2.75) is 24.3 Å². The minimum Gasteiger partial charge on any atom is -0.317 e. The molecular formula is C11H20ClN5O2S. The number of rotatable bonds is 2. The molecule has 0 radical (unpaired) electrons. The van der Waals surface area contributed by atoms with E-state index < -0.39 is 10.0 Å². The maximum absolute atomic E-state index is 12.6. The predicted octanol–water partition coefficient (Wildman–Crippen LogP) is 0.00110. The summed E-state index contributed by atoms with van der Waals surface area (Å²) >= 11 is 0. The number of nitrogens with one attached hydrogen (secondary N) is 1. The lowest BCUT2D eigenvalue weighted by Crippen LogP contribution is -2.40. The van der Waals surface area contributed by atoms with E-state index in [0.717, 1.165) is 32.4 Å². The van der Waals surface area contributed by atoms with Gasteiger partial charge < -0.3 is 5.32 Å². The highest BCUT2D eigenvalue weighted by molar-refractivity contribution is 7.89. The Kier molecular flexibility index (Phi) is 4.38. The second kappa shape index (κ2) is 5.59. The highest BCUT2D eigenvalue weighted by atomic mass is 35.5. The summed E-state index contributed by atoms with van der Waals surface area (Å²) in [6.07, 6.45) is 4.40. The average molecular weight is 322 g/mol. The van der Waals surface area contributed by atoms with Crippen LogP contribution in [0, 0.1) is 5.41 Å². The lowest BCUT2D eigenvalue weighted by molar-refractivity contribution is 0.218. The third-order valence-electron chi connectivity index (χ3n) is 4.34. The fraction of sp³-hybridized carbons (Fsp3) is 0.818. The van der Waals surface area contributed by atoms with Crippen LogP contribution in [0.3, 0.4) is 0 Å². The highest BCUT2D eigenvalue weighted by Gasteiger charge is 2.44. The molecule has 20 heavy (non-hydrogen) atoms. The Morgan fingerprint density at radius 3 is 2.60 bits per heavy atom. The second-order valence-corrected chi connectivity index (χ2v) is 7.42. The van der Waals surface area contributed by atoms with Crippen molar-refractivity contribution >= 4 is 22.4 Å². The molecule has 1 spiro atoms. The largest absolute Gasteiger partial charge is 0.317 e. The average Bonchev–Trinajstić information content (AvgIpc) is 2.98. The number of nitrogens with zero attached hydrogens (tertiary/aromatic N) is 4. The smallest absolute Gasteiger partial charge is 0.261 e. The van der Waals surface area contributed by atoms with E-state index in [2.05, 4.69) is 15.6 Å². The summed E-state index contributed by atoms with van der Waals surface area (Å²) in [5.74, 6) is 0. The van der Waals surface area contributed by atoms with E-state index in [1.165, 1.54) is 10.9 Å². The van der Waals surface area contributed by atoms with Crippen LogP contribution in [0.15, 0.2) is 11.2 Å². The molecule has 3 heterocycles. The van der Waals surface area contributed by atoms with Gasteiger partial charge in [-0.05, 0) is 37.8 Å². The van der Waals surface area contributed by atoms with Gasteiger partial charge in [0.15, 0.2) is 5.03 Å². The van der Waals surface area contributed by atoms with E-state index in [0.29, 0.717) is 13.1 Å². The van der Waals surface area contributed by atoms with Crippen molar-refractivity contribution in [2.24, 2.45) is 12.5 Å². The van der Waals surface area contributed by atoms with Gasteiger partial charge in [-0.1, -0.05) is 5.21 Å². The number of halogens is 1. The molecule has 7 nitrogen and oxygen atoms in total. The van der Waals surface area contributed by atoms with Gasteiger partial charge in [0.2, 0.25) is 0 Å². The molecule has 0 aromatic carbocycles. The molecular weight excluding hydrogens is 302 g/mol. The Balaban J connectivity index is 0.00000147. The van der Waals surface area contributed by atoms with Gasteiger partial charge in [-0.3, -0.25) is 0 Å². The van der Waals surface area contributed by atoms with Gasteiger partial charge in [0.05, 0.1) is 6.20 Å². The standard InChI is InChI=1S/C11H19N5O2S.ClH/c1-15-10(8-13-14-15)19(17,18)16-7-4-11(9-16)2-5-12-6-3-11;/h8,12H,2-7,9H2,1H3;1H. The van der Waals surface area contributed by atoms with Gasteiger partial charge in [0, 0.05) is 20.1 Å². The van der Waals surface area contributed by atoms with Crippen LogP contribution in [-0.4, -0.2) is 53.9 Å². The van der Waals surface area contributed by atoms with Crippen LogP contribution in [0.25, 0.3) is 0 Å². The molecule has 0 aliphatic carbocycles. The van der Waals surface area contributed by atoms with Gasteiger partial charge in [-0.15, -0.1) is 17.5 Å². The molecule has 2 aliphatic heterocycles. The lowest BCUT2D eigenvalue weighted by Gasteiger charge is -2.33. The van der Waals surface area contributed by atoms with Crippen molar-refractivity contribution in [3.63, 3.8) is 0 Å². The zero-order valence-electron chi connectivity index (χ0n) is 11.4. The van der Waals surface area contributed by atoms with Crippen LogP contribution in [0.4, 0.5) is 0 Å². The molecule has 2 aliphatic rings.